The average Bonchev–Trinajstić information content (AvgIpc) is 2.42. The van der Waals surface area contributed by atoms with Crippen molar-refractivity contribution in [3.63, 3.8) is 0 Å². The summed E-state index contributed by atoms with van der Waals surface area (Å²) in [6.45, 7) is 1.93. The van der Waals surface area contributed by atoms with Crippen molar-refractivity contribution in [3.8, 4) is 0 Å². The minimum Gasteiger partial charge on any atom is -0.354 e. The molecule has 0 radical (unpaired) electrons. The van der Waals surface area contributed by atoms with Crippen LogP contribution < -0.4 is 10.6 Å². The van der Waals surface area contributed by atoms with E-state index in [1.54, 1.807) is 12.1 Å². The summed E-state index contributed by atoms with van der Waals surface area (Å²) in [5.41, 5.74) is 1.44. The molecular formula is C13H17BrN2O4. The van der Waals surface area contributed by atoms with Crippen LogP contribution in [0, 0.1) is 6.92 Å². The van der Waals surface area contributed by atoms with Gasteiger partial charge in [-0.2, -0.15) is 0 Å². The van der Waals surface area contributed by atoms with E-state index in [4.69, 9.17) is 9.47 Å². The lowest BCUT2D eigenvalue weighted by Crippen LogP contribution is -2.40. The number of hydrogen-bond acceptors (Lipinski definition) is 4. The molecule has 0 aliphatic rings. The lowest BCUT2D eigenvalue weighted by molar-refractivity contribution is -0.139. The van der Waals surface area contributed by atoms with Gasteiger partial charge in [-0.05, 0) is 30.7 Å². The summed E-state index contributed by atoms with van der Waals surface area (Å²) in [5.74, 6) is -1.48. The highest BCUT2D eigenvalue weighted by atomic mass is 79.9. The van der Waals surface area contributed by atoms with Crippen LogP contribution in [0.3, 0.4) is 0 Å². The second-order valence-electron chi connectivity index (χ2n) is 4.02. The van der Waals surface area contributed by atoms with Gasteiger partial charge in [-0.25, -0.2) is 0 Å². The van der Waals surface area contributed by atoms with Crippen molar-refractivity contribution >= 4 is 33.4 Å². The third-order valence-electron chi connectivity index (χ3n) is 2.60. The number of hydrogen-bond donors (Lipinski definition) is 2. The first-order valence-corrected chi connectivity index (χ1v) is 6.68. The van der Waals surface area contributed by atoms with Crippen LogP contribution in [0.25, 0.3) is 0 Å². The van der Waals surface area contributed by atoms with E-state index in [-0.39, 0.29) is 6.54 Å². The fourth-order valence-corrected chi connectivity index (χ4v) is 1.94. The van der Waals surface area contributed by atoms with Gasteiger partial charge in [-0.1, -0.05) is 15.9 Å². The van der Waals surface area contributed by atoms with Crippen molar-refractivity contribution in [3.05, 3.63) is 28.2 Å². The molecule has 20 heavy (non-hydrogen) atoms. The predicted octanol–water partition coefficient (Wildman–Crippen LogP) is 1.43. The van der Waals surface area contributed by atoms with Gasteiger partial charge in [-0.15, -0.1) is 0 Å². The Morgan fingerprint density at radius 3 is 2.45 bits per heavy atom. The summed E-state index contributed by atoms with van der Waals surface area (Å²) in [6.07, 6.45) is -0.582. The zero-order valence-electron chi connectivity index (χ0n) is 11.5. The molecule has 1 aromatic rings. The summed E-state index contributed by atoms with van der Waals surface area (Å²) in [7, 11) is 2.90. The highest BCUT2D eigenvalue weighted by Crippen LogP contribution is 2.19. The molecule has 1 aromatic carbocycles. The summed E-state index contributed by atoms with van der Waals surface area (Å²) >= 11 is 3.33. The maximum atomic E-state index is 11.7. The van der Waals surface area contributed by atoms with Crippen molar-refractivity contribution in [2.45, 2.75) is 13.2 Å². The molecule has 2 amide bonds. The quantitative estimate of drug-likeness (QED) is 0.625. The number of amides is 2. The summed E-state index contributed by atoms with van der Waals surface area (Å²) in [5, 5.41) is 4.97. The van der Waals surface area contributed by atoms with E-state index in [1.165, 1.54) is 14.2 Å². The molecule has 0 aliphatic heterocycles. The van der Waals surface area contributed by atoms with Crippen LogP contribution in [0.15, 0.2) is 22.7 Å². The number of benzene rings is 1. The van der Waals surface area contributed by atoms with E-state index in [9.17, 15) is 9.59 Å². The molecular weight excluding hydrogens is 328 g/mol. The van der Waals surface area contributed by atoms with E-state index < -0.39 is 18.1 Å². The molecule has 2 N–H and O–H groups in total. The van der Waals surface area contributed by atoms with Crippen LogP contribution in [0.5, 0.6) is 0 Å². The molecule has 110 valence electrons. The number of ether oxygens (including phenoxy) is 2. The Labute approximate surface area is 126 Å². The summed E-state index contributed by atoms with van der Waals surface area (Å²) < 4.78 is 10.7. The maximum Gasteiger partial charge on any atom is 0.313 e. The van der Waals surface area contributed by atoms with E-state index >= 15 is 0 Å². The molecule has 0 fully saturated rings. The smallest absolute Gasteiger partial charge is 0.313 e. The van der Waals surface area contributed by atoms with Crippen LogP contribution in [0.1, 0.15) is 5.56 Å². The van der Waals surface area contributed by atoms with Crippen molar-refractivity contribution < 1.29 is 19.1 Å². The Morgan fingerprint density at radius 1 is 1.25 bits per heavy atom. The molecule has 0 aliphatic carbocycles. The second-order valence-corrected chi connectivity index (χ2v) is 4.94. The molecule has 0 atom stereocenters. The van der Waals surface area contributed by atoms with Gasteiger partial charge in [0.15, 0.2) is 6.29 Å². The third kappa shape index (κ3) is 4.92. The number of carbonyl (C=O) groups is 2. The van der Waals surface area contributed by atoms with E-state index in [0.29, 0.717) is 5.69 Å². The van der Waals surface area contributed by atoms with Gasteiger partial charge < -0.3 is 20.1 Å². The Bertz CT molecular complexity index is 489. The number of halogens is 1. The Balaban J connectivity index is 2.55. The number of anilines is 1. The molecule has 0 saturated heterocycles. The number of carbonyl (C=O) groups excluding carboxylic acids is 2. The summed E-state index contributed by atoms with van der Waals surface area (Å²) in [6, 6.07) is 5.35. The average molecular weight is 345 g/mol. The monoisotopic (exact) mass is 344 g/mol. The van der Waals surface area contributed by atoms with Gasteiger partial charge in [0.1, 0.15) is 0 Å². The fraction of sp³-hybridized carbons (Fsp3) is 0.385. The number of nitrogens with one attached hydrogen (secondary N) is 2. The minimum absolute atomic E-state index is 0.0958. The molecule has 6 nitrogen and oxygen atoms in total. The van der Waals surface area contributed by atoms with E-state index in [1.807, 2.05) is 13.0 Å². The van der Waals surface area contributed by atoms with Gasteiger partial charge in [0.25, 0.3) is 0 Å². The highest BCUT2D eigenvalue weighted by molar-refractivity contribution is 9.10. The Hall–Kier alpha value is -1.44. The van der Waals surface area contributed by atoms with Crippen molar-refractivity contribution in [1.82, 2.24) is 5.32 Å². The zero-order chi connectivity index (χ0) is 15.1. The Kier molecular flexibility index (Phi) is 6.63. The first kappa shape index (κ1) is 16.6. The van der Waals surface area contributed by atoms with Crippen molar-refractivity contribution in [2.24, 2.45) is 0 Å². The lowest BCUT2D eigenvalue weighted by atomic mass is 10.2. The fourth-order valence-electron chi connectivity index (χ4n) is 1.47. The van der Waals surface area contributed by atoms with Gasteiger partial charge in [0.05, 0.1) is 6.54 Å². The molecule has 0 bridgehead atoms. The van der Waals surface area contributed by atoms with Gasteiger partial charge in [-0.3, -0.25) is 9.59 Å². The zero-order valence-corrected chi connectivity index (χ0v) is 13.1. The molecule has 0 unspecified atom stereocenters. The van der Waals surface area contributed by atoms with Crippen LogP contribution in [0.4, 0.5) is 5.69 Å². The number of methoxy groups -OCH3 is 2. The second kappa shape index (κ2) is 7.98. The number of aryl methyl sites for hydroxylation is 1. The number of rotatable bonds is 5. The third-order valence-corrected chi connectivity index (χ3v) is 3.09. The van der Waals surface area contributed by atoms with Crippen molar-refractivity contribution in [1.29, 1.82) is 0 Å². The molecule has 0 aromatic heterocycles. The molecule has 0 heterocycles. The lowest BCUT2D eigenvalue weighted by Gasteiger charge is -2.14. The molecule has 7 heteroatoms. The first-order valence-electron chi connectivity index (χ1n) is 5.88. The Morgan fingerprint density at radius 2 is 1.90 bits per heavy atom. The van der Waals surface area contributed by atoms with E-state index in [2.05, 4.69) is 26.6 Å². The topological polar surface area (TPSA) is 76.7 Å². The van der Waals surface area contributed by atoms with Crippen LogP contribution in [0.2, 0.25) is 0 Å². The van der Waals surface area contributed by atoms with Crippen LogP contribution >= 0.6 is 15.9 Å². The standard InChI is InChI=1S/C13H17BrN2O4/c1-8-6-9(14)4-5-10(8)16-13(18)12(17)15-7-11(19-2)20-3/h4-6,11H,7H2,1-3H3,(H,15,17)(H,16,18). The molecule has 0 saturated carbocycles. The largest absolute Gasteiger partial charge is 0.354 e. The SMILES string of the molecule is COC(CNC(=O)C(=O)Nc1ccc(Br)cc1C)OC. The minimum atomic E-state index is -0.744. The first-order chi connectivity index (χ1) is 9.47. The van der Waals surface area contributed by atoms with Gasteiger partial charge >= 0.3 is 11.8 Å². The van der Waals surface area contributed by atoms with Gasteiger partial charge in [0, 0.05) is 24.4 Å². The normalized spacial score (nSPS) is 10.4. The summed E-state index contributed by atoms with van der Waals surface area (Å²) in [4.78, 5) is 23.3. The van der Waals surface area contributed by atoms with Gasteiger partial charge in [0.2, 0.25) is 0 Å². The molecule has 1 rings (SSSR count). The van der Waals surface area contributed by atoms with Crippen LogP contribution in [-0.2, 0) is 19.1 Å². The molecule has 0 spiro atoms. The van der Waals surface area contributed by atoms with Crippen LogP contribution in [-0.4, -0.2) is 38.9 Å². The highest BCUT2D eigenvalue weighted by Gasteiger charge is 2.16. The van der Waals surface area contributed by atoms with E-state index in [0.717, 1.165) is 10.0 Å². The maximum absolute atomic E-state index is 11.7. The van der Waals surface area contributed by atoms with Crippen molar-refractivity contribution in [2.75, 3.05) is 26.1 Å². The predicted molar refractivity (Wildman–Crippen MR) is 78.3 cm³/mol.